The van der Waals surface area contributed by atoms with Crippen molar-refractivity contribution >= 4 is 54.3 Å². The standard InChI is InChI=1S/C48H30O/c1-3-13-31(14-4-1)36-26-24-34(29-44(36)32-15-5-2-6-16-32)46-39-19-9-11-21-41(39)47(42-22-12-10-20-40(42)46)35-25-27-38-43-28-23-33-17-7-8-18-37(33)48(43)49-45(38)30-35/h1-30H/i2D,5D,6D,7D,8D,15D,16D,17D,18D,23D,24D,25D,26D,27D,28D,29D,30D. The van der Waals surface area contributed by atoms with Gasteiger partial charge in [0.15, 0.2) is 0 Å². The molecule has 9 aromatic carbocycles. The lowest BCUT2D eigenvalue weighted by Crippen LogP contribution is -1.92. The van der Waals surface area contributed by atoms with E-state index in [9.17, 15) is 8.22 Å². The summed E-state index contributed by atoms with van der Waals surface area (Å²) in [6.45, 7) is 0. The van der Waals surface area contributed by atoms with E-state index in [1.54, 1.807) is 78.9 Å². The Balaban J connectivity index is 1.36. The van der Waals surface area contributed by atoms with Crippen molar-refractivity contribution in [3.05, 3.63) is 182 Å². The molecule has 0 N–H and O–H groups in total. The number of hydrogen-bond acceptors (Lipinski definition) is 1. The number of fused-ring (bicyclic) bond motifs is 7. The molecule has 0 amide bonds. The second-order valence-corrected chi connectivity index (χ2v) is 11.5. The number of furan rings is 1. The summed E-state index contributed by atoms with van der Waals surface area (Å²) < 4.78 is 159. The van der Waals surface area contributed by atoms with E-state index in [-0.39, 0.29) is 89.8 Å². The smallest absolute Gasteiger partial charge is 0.143 e. The van der Waals surface area contributed by atoms with Crippen LogP contribution in [-0.4, -0.2) is 0 Å². The first-order valence-electron chi connectivity index (χ1n) is 24.0. The SMILES string of the molecule is [2H]c1c([2H])c([2H])c(-c2c([2H])c(-c3c4ccccc4c(-c4c([2H])c([2H])c5c(oc6c7c([2H])c([2H])c([2H])c([2H])c7c([2H])c([2H])c65)c4[2H])c4ccccc34)c([2H])c([2H])c2-c2ccccc2)c([2H])c1[2H]. The third-order valence-electron chi connectivity index (χ3n) is 8.74. The molecule has 1 aromatic heterocycles. The van der Waals surface area contributed by atoms with Crippen molar-refractivity contribution in [1.82, 2.24) is 0 Å². The molecule has 0 aliphatic rings. The maximum atomic E-state index is 9.98. The van der Waals surface area contributed by atoms with Crippen molar-refractivity contribution in [3.8, 4) is 44.5 Å². The zero-order chi connectivity index (χ0) is 47.1. The minimum absolute atomic E-state index is 0.0228. The van der Waals surface area contributed by atoms with E-state index in [4.69, 9.17) is 19.5 Å². The van der Waals surface area contributed by atoms with Crippen LogP contribution in [0.5, 0.6) is 0 Å². The molecule has 0 aliphatic carbocycles. The molecule has 0 fully saturated rings. The molecular weight excluding hydrogens is 593 g/mol. The molecule has 10 aromatic rings. The summed E-state index contributed by atoms with van der Waals surface area (Å²) in [5.74, 6) is 0. The molecule has 0 aliphatic heterocycles. The lowest BCUT2D eigenvalue weighted by Gasteiger charge is -2.19. The Bertz CT molecular complexity index is 3760. The summed E-state index contributed by atoms with van der Waals surface area (Å²) in [5, 5.41) is 0.779. The Hall–Kier alpha value is -6.44. The molecule has 0 unspecified atom stereocenters. The third kappa shape index (κ3) is 4.40. The van der Waals surface area contributed by atoms with E-state index in [0.29, 0.717) is 27.1 Å². The van der Waals surface area contributed by atoms with Crippen LogP contribution < -0.4 is 0 Å². The van der Waals surface area contributed by atoms with Gasteiger partial charge in [-0.05, 0) is 95.6 Å². The van der Waals surface area contributed by atoms with Crippen LogP contribution in [0.15, 0.2) is 186 Å². The molecular formula is C48H30O. The fourth-order valence-electron chi connectivity index (χ4n) is 6.61. The van der Waals surface area contributed by atoms with Gasteiger partial charge in [-0.1, -0.05) is 157 Å². The molecule has 0 atom stereocenters. The van der Waals surface area contributed by atoms with E-state index in [0.717, 1.165) is 0 Å². The predicted molar refractivity (Wildman–Crippen MR) is 208 cm³/mol. The van der Waals surface area contributed by atoms with Gasteiger partial charge in [-0.2, -0.15) is 0 Å². The summed E-state index contributed by atoms with van der Waals surface area (Å²) in [7, 11) is 0. The second-order valence-electron chi connectivity index (χ2n) is 11.5. The van der Waals surface area contributed by atoms with Gasteiger partial charge in [0, 0.05) is 16.2 Å². The van der Waals surface area contributed by atoms with Crippen LogP contribution in [0.25, 0.3) is 98.8 Å². The predicted octanol–water partition coefficient (Wildman–Crippen LogP) is 13.7. The molecule has 0 saturated carbocycles. The van der Waals surface area contributed by atoms with E-state index >= 15 is 0 Å². The molecule has 0 spiro atoms. The number of benzene rings is 9. The average molecular weight is 640 g/mol. The zero-order valence-corrected chi connectivity index (χ0v) is 25.4. The fraction of sp³-hybridized carbons (Fsp3) is 0. The van der Waals surface area contributed by atoms with Crippen LogP contribution >= 0.6 is 0 Å². The molecule has 1 heteroatoms. The van der Waals surface area contributed by atoms with Gasteiger partial charge < -0.3 is 4.42 Å². The summed E-state index contributed by atoms with van der Waals surface area (Å²) in [5.41, 5.74) is -0.159. The molecule has 0 bridgehead atoms. The van der Waals surface area contributed by atoms with Crippen LogP contribution in [-0.2, 0) is 0 Å². The summed E-state index contributed by atoms with van der Waals surface area (Å²) in [6.07, 6.45) is 0. The van der Waals surface area contributed by atoms with E-state index in [2.05, 4.69) is 0 Å². The number of hydrogen-bond donors (Lipinski definition) is 0. The van der Waals surface area contributed by atoms with Crippen molar-refractivity contribution in [2.75, 3.05) is 0 Å². The maximum Gasteiger partial charge on any atom is 0.143 e. The highest BCUT2D eigenvalue weighted by atomic mass is 16.3. The Morgan fingerprint density at radius 1 is 0.367 bits per heavy atom. The van der Waals surface area contributed by atoms with Gasteiger partial charge in [-0.15, -0.1) is 0 Å². The molecule has 0 radical (unpaired) electrons. The quantitative estimate of drug-likeness (QED) is 0.175. The summed E-state index contributed by atoms with van der Waals surface area (Å²) >= 11 is 0. The normalized spacial score (nSPS) is 16.5. The van der Waals surface area contributed by atoms with E-state index in [1.165, 1.54) is 0 Å². The van der Waals surface area contributed by atoms with Crippen LogP contribution in [0.4, 0.5) is 0 Å². The van der Waals surface area contributed by atoms with Crippen molar-refractivity contribution in [3.63, 3.8) is 0 Å². The highest BCUT2D eigenvalue weighted by molar-refractivity contribution is 6.22. The molecule has 0 saturated heterocycles. The number of rotatable bonds is 4. The van der Waals surface area contributed by atoms with Gasteiger partial charge >= 0.3 is 0 Å². The van der Waals surface area contributed by atoms with Crippen LogP contribution in [0.1, 0.15) is 23.3 Å². The lowest BCUT2D eigenvalue weighted by molar-refractivity contribution is 0.673. The Morgan fingerprint density at radius 2 is 0.959 bits per heavy atom. The second kappa shape index (κ2) is 11.1. The van der Waals surface area contributed by atoms with Gasteiger partial charge in [-0.3, -0.25) is 0 Å². The van der Waals surface area contributed by atoms with Crippen molar-refractivity contribution in [2.45, 2.75) is 0 Å². The summed E-state index contributed by atoms with van der Waals surface area (Å²) in [6, 6.07) is 13.1. The van der Waals surface area contributed by atoms with Crippen molar-refractivity contribution in [1.29, 1.82) is 0 Å². The first-order valence-corrected chi connectivity index (χ1v) is 15.5. The van der Waals surface area contributed by atoms with Gasteiger partial charge in [0.1, 0.15) is 11.2 Å². The highest BCUT2D eigenvalue weighted by Gasteiger charge is 2.19. The molecule has 1 nitrogen and oxygen atoms in total. The van der Waals surface area contributed by atoms with Gasteiger partial charge in [0.05, 0.1) is 23.3 Å². The molecule has 1 heterocycles. The Kier molecular flexibility index (Phi) is 3.54. The Morgan fingerprint density at radius 3 is 1.67 bits per heavy atom. The van der Waals surface area contributed by atoms with Crippen LogP contribution in [0.3, 0.4) is 0 Å². The van der Waals surface area contributed by atoms with E-state index in [1.807, 2.05) is 0 Å². The molecule has 49 heavy (non-hydrogen) atoms. The monoisotopic (exact) mass is 639 g/mol. The van der Waals surface area contributed by atoms with Gasteiger partial charge in [-0.25, -0.2) is 0 Å². The molecule has 228 valence electrons. The highest BCUT2D eigenvalue weighted by Crippen LogP contribution is 2.46. The Labute approximate surface area is 308 Å². The zero-order valence-electron chi connectivity index (χ0n) is 42.4. The van der Waals surface area contributed by atoms with Crippen molar-refractivity contribution in [2.24, 2.45) is 0 Å². The average Bonchev–Trinajstić information content (AvgIpc) is 3.73. The van der Waals surface area contributed by atoms with Gasteiger partial charge in [0.25, 0.3) is 0 Å². The van der Waals surface area contributed by atoms with E-state index < -0.39 is 84.6 Å². The first kappa shape index (κ1) is 15.6. The van der Waals surface area contributed by atoms with Gasteiger partial charge in [0.2, 0.25) is 0 Å². The molecule has 10 rings (SSSR count). The maximum absolute atomic E-state index is 9.98. The minimum Gasteiger partial charge on any atom is -0.455 e. The third-order valence-corrected chi connectivity index (χ3v) is 8.74. The van der Waals surface area contributed by atoms with Crippen LogP contribution in [0, 0.1) is 0 Å². The topological polar surface area (TPSA) is 13.1 Å². The fourth-order valence-corrected chi connectivity index (χ4v) is 6.61. The first-order chi connectivity index (χ1) is 31.4. The van der Waals surface area contributed by atoms with Crippen LogP contribution in [0.2, 0.25) is 0 Å². The largest absolute Gasteiger partial charge is 0.455 e. The lowest BCUT2D eigenvalue weighted by atomic mass is 9.84. The summed E-state index contributed by atoms with van der Waals surface area (Å²) in [4.78, 5) is 0. The minimum atomic E-state index is -0.642. The van der Waals surface area contributed by atoms with Crippen molar-refractivity contribution < 1.29 is 27.7 Å².